The normalized spacial score (nSPS) is 10.0. The number of nitrogens with one attached hydrogen (secondary N) is 1. The van der Waals surface area contributed by atoms with E-state index in [9.17, 15) is 0 Å². The first-order valence-electron chi connectivity index (χ1n) is 4.92. The van der Waals surface area contributed by atoms with E-state index in [-0.39, 0.29) is 14.9 Å². The molecule has 0 saturated carbocycles. The van der Waals surface area contributed by atoms with Crippen LogP contribution in [0.5, 0.6) is 0 Å². The number of nitrogens with two attached hydrogens (primary N) is 1. The van der Waals surface area contributed by atoms with Gasteiger partial charge in [0.15, 0.2) is 0 Å². The summed E-state index contributed by atoms with van der Waals surface area (Å²) in [6.07, 6.45) is 0. The summed E-state index contributed by atoms with van der Waals surface area (Å²) in [4.78, 5) is 4.58. The van der Waals surface area contributed by atoms with Gasteiger partial charge in [-0.15, -0.1) is 0 Å². The standard InChI is InChI=1S/C9H24N4.2CH4/c1-11-5-7-13(6-4-10)9-8-12(2)3;;/h11H,4-10H2,1-3H3;2*1H4. The smallest absolute Gasteiger partial charge is 0.0110 e. The van der Waals surface area contributed by atoms with E-state index in [1.165, 1.54) is 0 Å². The Kier molecular flexibility index (Phi) is 18.7. The SMILES string of the molecule is C.C.CNCCN(CCN)CCN(C)C. The maximum atomic E-state index is 5.53. The third kappa shape index (κ3) is 13.8. The first kappa shape index (κ1) is 20.3. The number of hydrogen-bond acceptors (Lipinski definition) is 4. The molecule has 0 rings (SSSR count). The molecule has 0 aromatic carbocycles. The Morgan fingerprint density at radius 2 is 1.60 bits per heavy atom. The van der Waals surface area contributed by atoms with Crippen LogP contribution in [0.3, 0.4) is 0 Å². The van der Waals surface area contributed by atoms with Gasteiger partial charge in [0.2, 0.25) is 0 Å². The van der Waals surface area contributed by atoms with Gasteiger partial charge in [0.25, 0.3) is 0 Å². The van der Waals surface area contributed by atoms with Crippen LogP contribution in [0, 0.1) is 0 Å². The summed E-state index contributed by atoms with van der Waals surface area (Å²) in [7, 11) is 6.17. The maximum Gasteiger partial charge on any atom is 0.0110 e. The second-order valence-electron chi connectivity index (χ2n) is 3.54. The molecule has 0 aromatic rings. The zero-order chi connectivity index (χ0) is 10.1. The zero-order valence-electron chi connectivity index (χ0n) is 9.21. The summed E-state index contributed by atoms with van der Waals surface area (Å²) >= 11 is 0. The van der Waals surface area contributed by atoms with Gasteiger partial charge >= 0.3 is 0 Å². The lowest BCUT2D eigenvalue weighted by Crippen LogP contribution is -2.38. The Hall–Kier alpha value is -0.160. The van der Waals surface area contributed by atoms with Gasteiger partial charge in [-0.1, -0.05) is 14.9 Å². The Morgan fingerprint density at radius 3 is 2.00 bits per heavy atom. The lowest BCUT2D eigenvalue weighted by molar-refractivity contribution is 0.247. The van der Waals surface area contributed by atoms with Crippen molar-refractivity contribution in [2.24, 2.45) is 5.73 Å². The molecule has 0 radical (unpaired) electrons. The molecule has 0 spiro atoms. The Morgan fingerprint density at radius 1 is 1.00 bits per heavy atom. The third-order valence-electron chi connectivity index (χ3n) is 1.99. The average molecular weight is 220 g/mol. The lowest BCUT2D eigenvalue weighted by atomic mass is 10.4. The van der Waals surface area contributed by atoms with Crippen molar-refractivity contribution in [2.45, 2.75) is 14.9 Å². The molecule has 0 aliphatic carbocycles. The quantitative estimate of drug-likeness (QED) is 0.618. The average Bonchev–Trinajstić information content (AvgIpc) is 2.09. The predicted octanol–water partition coefficient (Wildman–Crippen LogP) is 0.300. The van der Waals surface area contributed by atoms with Crippen LogP contribution in [0.4, 0.5) is 0 Å². The highest BCUT2D eigenvalue weighted by molar-refractivity contribution is 4.61. The monoisotopic (exact) mass is 220 g/mol. The van der Waals surface area contributed by atoms with Crippen LogP contribution in [0.1, 0.15) is 14.9 Å². The summed E-state index contributed by atoms with van der Waals surface area (Å²) < 4.78 is 0. The molecule has 0 bridgehead atoms. The highest BCUT2D eigenvalue weighted by atomic mass is 15.2. The fourth-order valence-electron chi connectivity index (χ4n) is 1.13. The molecule has 0 atom stereocenters. The van der Waals surface area contributed by atoms with E-state index in [1.54, 1.807) is 0 Å². The predicted molar refractivity (Wildman–Crippen MR) is 71.4 cm³/mol. The minimum atomic E-state index is 0. The van der Waals surface area contributed by atoms with E-state index in [1.807, 2.05) is 7.05 Å². The second kappa shape index (κ2) is 13.8. The molecule has 3 N–H and O–H groups in total. The largest absolute Gasteiger partial charge is 0.329 e. The van der Waals surface area contributed by atoms with Gasteiger partial charge < -0.3 is 16.0 Å². The van der Waals surface area contributed by atoms with E-state index < -0.39 is 0 Å². The van der Waals surface area contributed by atoms with Crippen LogP contribution in [0.25, 0.3) is 0 Å². The van der Waals surface area contributed by atoms with Crippen molar-refractivity contribution in [1.82, 2.24) is 15.1 Å². The minimum absolute atomic E-state index is 0. The maximum absolute atomic E-state index is 5.53. The van der Waals surface area contributed by atoms with Crippen molar-refractivity contribution in [2.75, 3.05) is 60.4 Å². The molecule has 0 fully saturated rings. The Balaban J connectivity index is -0.000000720. The molecule has 4 nitrogen and oxygen atoms in total. The number of nitrogens with zero attached hydrogens (tertiary/aromatic N) is 2. The van der Waals surface area contributed by atoms with Crippen LogP contribution in [-0.2, 0) is 0 Å². The van der Waals surface area contributed by atoms with Crippen LogP contribution in [0.15, 0.2) is 0 Å². The topological polar surface area (TPSA) is 44.5 Å². The van der Waals surface area contributed by atoms with Gasteiger partial charge in [-0.3, -0.25) is 4.90 Å². The Labute approximate surface area is 96.8 Å². The first-order valence-corrected chi connectivity index (χ1v) is 4.92. The van der Waals surface area contributed by atoms with Gasteiger partial charge in [-0.25, -0.2) is 0 Å². The molecule has 4 heteroatoms. The van der Waals surface area contributed by atoms with Crippen LogP contribution in [0.2, 0.25) is 0 Å². The molecule has 0 amide bonds. The van der Waals surface area contributed by atoms with Crippen molar-refractivity contribution in [3.8, 4) is 0 Å². The van der Waals surface area contributed by atoms with E-state index in [2.05, 4.69) is 29.2 Å². The van der Waals surface area contributed by atoms with Gasteiger partial charge in [-0.2, -0.15) is 0 Å². The minimum Gasteiger partial charge on any atom is -0.329 e. The van der Waals surface area contributed by atoms with Gasteiger partial charge in [0.1, 0.15) is 0 Å². The lowest BCUT2D eigenvalue weighted by Gasteiger charge is -2.23. The molecular formula is C11H32N4. The van der Waals surface area contributed by atoms with Gasteiger partial charge in [-0.05, 0) is 21.1 Å². The van der Waals surface area contributed by atoms with E-state index in [0.29, 0.717) is 0 Å². The fourth-order valence-corrected chi connectivity index (χ4v) is 1.13. The summed E-state index contributed by atoms with van der Waals surface area (Å²) in [6.45, 7) is 6.07. The molecule has 0 aliphatic heterocycles. The number of rotatable bonds is 8. The highest BCUT2D eigenvalue weighted by Crippen LogP contribution is 1.86. The molecule has 0 aliphatic rings. The van der Waals surface area contributed by atoms with Crippen molar-refractivity contribution >= 4 is 0 Å². The van der Waals surface area contributed by atoms with Crippen molar-refractivity contribution in [1.29, 1.82) is 0 Å². The Bertz CT molecular complexity index is 107. The van der Waals surface area contributed by atoms with Crippen LogP contribution in [-0.4, -0.2) is 70.2 Å². The molecule has 96 valence electrons. The first-order chi connectivity index (χ1) is 6.20. The van der Waals surface area contributed by atoms with Crippen LogP contribution < -0.4 is 11.1 Å². The molecule has 0 unspecified atom stereocenters. The summed E-state index contributed by atoms with van der Waals surface area (Å²) in [6, 6.07) is 0. The molecular weight excluding hydrogens is 188 g/mol. The third-order valence-corrected chi connectivity index (χ3v) is 1.99. The summed E-state index contributed by atoms with van der Waals surface area (Å²) in [5, 5.41) is 3.15. The van der Waals surface area contributed by atoms with Gasteiger partial charge in [0.05, 0.1) is 0 Å². The number of likely N-dealkylation sites (N-methyl/N-ethyl adjacent to an activating group) is 2. The molecule has 0 heterocycles. The number of hydrogen-bond donors (Lipinski definition) is 2. The van der Waals surface area contributed by atoms with E-state index in [4.69, 9.17) is 5.73 Å². The van der Waals surface area contributed by atoms with Crippen molar-refractivity contribution in [3.63, 3.8) is 0 Å². The molecule has 0 saturated heterocycles. The summed E-state index contributed by atoms with van der Waals surface area (Å²) in [5.41, 5.74) is 5.53. The summed E-state index contributed by atoms with van der Waals surface area (Å²) in [5.74, 6) is 0. The molecule has 15 heavy (non-hydrogen) atoms. The molecule has 0 aromatic heterocycles. The van der Waals surface area contributed by atoms with Gasteiger partial charge in [0, 0.05) is 39.3 Å². The van der Waals surface area contributed by atoms with Crippen LogP contribution >= 0.6 is 0 Å². The van der Waals surface area contributed by atoms with E-state index in [0.717, 1.165) is 39.3 Å². The second-order valence-corrected chi connectivity index (χ2v) is 3.54. The van der Waals surface area contributed by atoms with E-state index >= 15 is 0 Å². The highest BCUT2D eigenvalue weighted by Gasteiger charge is 2.02. The van der Waals surface area contributed by atoms with Crippen molar-refractivity contribution in [3.05, 3.63) is 0 Å². The fraction of sp³-hybridized carbons (Fsp3) is 1.00. The zero-order valence-corrected chi connectivity index (χ0v) is 9.21. The van der Waals surface area contributed by atoms with Crippen molar-refractivity contribution < 1.29 is 0 Å².